The summed E-state index contributed by atoms with van der Waals surface area (Å²) in [4.78, 5) is 26.4. The fraction of sp³-hybridized carbons (Fsp3) is 0.286. The van der Waals surface area contributed by atoms with Gasteiger partial charge >= 0.3 is 0 Å². The number of carbonyl (C=O) groups excluding carboxylic acids is 2. The van der Waals surface area contributed by atoms with Crippen molar-refractivity contribution in [3.05, 3.63) is 71.3 Å². The normalized spacial score (nSPS) is 15.6. The third-order valence-corrected chi connectivity index (χ3v) is 4.78. The minimum atomic E-state index is -1.97. The van der Waals surface area contributed by atoms with Crippen LogP contribution in [0, 0.1) is 11.3 Å². The van der Waals surface area contributed by atoms with Crippen LogP contribution < -0.4 is 5.32 Å². The summed E-state index contributed by atoms with van der Waals surface area (Å²) in [6.45, 7) is 0.588. The Kier molecular flexibility index (Phi) is 5.51. The van der Waals surface area contributed by atoms with Gasteiger partial charge in [-0.3, -0.25) is 9.59 Å². The summed E-state index contributed by atoms with van der Waals surface area (Å²) >= 11 is 0. The van der Waals surface area contributed by atoms with Gasteiger partial charge in [0.25, 0.3) is 11.8 Å². The van der Waals surface area contributed by atoms with Crippen molar-refractivity contribution in [3.8, 4) is 6.07 Å². The molecule has 138 valence electrons. The van der Waals surface area contributed by atoms with Crippen LogP contribution in [0.5, 0.6) is 0 Å². The lowest BCUT2D eigenvalue weighted by molar-refractivity contribution is -0.135. The Morgan fingerprint density at radius 3 is 2.48 bits per heavy atom. The Balaban J connectivity index is 1.57. The molecule has 1 fully saturated rings. The molecule has 0 aliphatic carbocycles. The zero-order valence-corrected chi connectivity index (χ0v) is 14.8. The highest BCUT2D eigenvalue weighted by Crippen LogP contribution is 2.28. The Hall–Kier alpha value is -3.20. The maximum atomic E-state index is 15.0. The number of likely N-dealkylation sites (tertiary alicyclic amines) is 1. The topological polar surface area (TPSA) is 73.2 Å². The summed E-state index contributed by atoms with van der Waals surface area (Å²) in [5, 5.41) is 11.6. The van der Waals surface area contributed by atoms with Gasteiger partial charge in [0.2, 0.25) is 0 Å². The first kappa shape index (κ1) is 18.6. The molecule has 0 atom stereocenters. The number of benzene rings is 2. The Bertz CT molecular complexity index is 868. The summed E-state index contributed by atoms with van der Waals surface area (Å²) in [6.07, 6.45) is -0.0887. The Morgan fingerprint density at radius 2 is 1.81 bits per heavy atom. The van der Waals surface area contributed by atoms with E-state index in [0.717, 1.165) is 5.56 Å². The molecule has 5 nitrogen and oxygen atoms in total. The van der Waals surface area contributed by atoms with E-state index in [-0.39, 0.29) is 38.4 Å². The van der Waals surface area contributed by atoms with Gasteiger partial charge in [0.05, 0.1) is 11.6 Å². The predicted octanol–water partition coefficient (Wildman–Crippen LogP) is 2.82. The molecule has 1 aliphatic heterocycles. The number of hydrogen-bond donors (Lipinski definition) is 1. The third-order valence-electron chi connectivity index (χ3n) is 4.78. The SMILES string of the molecule is N#Cc1cccc(C(=O)N2CCC(F)(C(=O)NCc3ccccc3)CC2)c1. The van der Waals surface area contributed by atoms with Gasteiger partial charge in [0.15, 0.2) is 5.67 Å². The standard InChI is InChI=1S/C21H20FN3O2/c22-21(20(27)24-15-16-5-2-1-3-6-16)9-11-25(12-10-21)19(26)18-8-4-7-17(13-18)14-23/h1-8,13H,9-12,15H2,(H,24,27). The van der Waals surface area contributed by atoms with Gasteiger partial charge in [-0.2, -0.15) is 5.26 Å². The third kappa shape index (κ3) is 4.32. The quantitative estimate of drug-likeness (QED) is 0.905. The fourth-order valence-corrected chi connectivity index (χ4v) is 3.13. The predicted molar refractivity (Wildman–Crippen MR) is 98.4 cm³/mol. The second-order valence-corrected chi connectivity index (χ2v) is 6.62. The molecule has 27 heavy (non-hydrogen) atoms. The number of carbonyl (C=O) groups is 2. The molecular formula is C21H20FN3O2. The molecular weight excluding hydrogens is 345 g/mol. The highest BCUT2D eigenvalue weighted by molar-refractivity contribution is 5.95. The van der Waals surface area contributed by atoms with E-state index < -0.39 is 11.6 Å². The van der Waals surface area contributed by atoms with Gasteiger partial charge in [-0.1, -0.05) is 36.4 Å². The summed E-state index contributed by atoms with van der Waals surface area (Å²) in [7, 11) is 0. The number of piperidine rings is 1. The largest absolute Gasteiger partial charge is 0.349 e. The first-order valence-corrected chi connectivity index (χ1v) is 8.82. The molecule has 2 amide bonds. The van der Waals surface area contributed by atoms with E-state index >= 15 is 4.39 Å². The molecule has 1 heterocycles. The van der Waals surface area contributed by atoms with Gasteiger partial charge in [0, 0.05) is 38.0 Å². The fourth-order valence-electron chi connectivity index (χ4n) is 3.13. The lowest BCUT2D eigenvalue weighted by Gasteiger charge is -2.35. The number of nitrogens with one attached hydrogen (secondary N) is 1. The first-order valence-electron chi connectivity index (χ1n) is 8.82. The van der Waals surface area contributed by atoms with Gasteiger partial charge in [-0.15, -0.1) is 0 Å². The van der Waals surface area contributed by atoms with E-state index in [1.165, 1.54) is 11.0 Å². The van der Waals surface area contributed by atoms with Gasteiger partial charge in [-0.05, 0) is 23.8 Å². The summed E-state index contributed by atoms with van der Waals surface area (Å²) < 4.78 is 15.0. The van der Waals surface area contributed by atoms with Crippen molar-refractivity contribution in [2.45, 2.75) is 25.1 Å². The minimum Gasteiger partial charge on any atom is -0.349 e. The molecule has 0 saturated carbocycles. The van der Waals surface area contributed by atoms with E-state index in [4.69, 9.17) is 5.26 Å². The zero-order chi connectivity index (χ0) is 19.3. The van der Waals surface area contributed by atoms with Crippen LogP contribution in [0.4, 0.5) is 4.39 Å². The second-order valence-electron chi connectivity index (χ2n) is 6.62. The molecule has 0 aromatic heterocycles. The number of nitriles is 1. The van der Waals surface area contributed by atoms with Crippen LogP contribution in [0.25, 0.3) is 0 Å². The van der Waals surface area contributed by atoms with Crippen molar-refractivity contribution >= 4 is 11.8 Å². The van der Waals surface area contributed by atoms with Crippen LogP contribution in [-0.4, -0.2) is 35.5 Å². The van der Waals surface area contributed by atoms with E-state index in [0.29, 0.717) is 11.1 Å². The summed E-state index contributed by atoms with van der Waals surface area (Å²) in [6, 6.07) is 17.7. The minimum absolute atomic E-state index is 0.0443. The number of alkyl halides is 1. The molecule has 0 radical (unpaired) electrons. The number of amides is 2. The molecule has 1 aliphatic rings. The van der Waals surface area contributed by atoms with Crippen molar-refractivity contribution in [1.82, 2.24) is 10.2 Å². The monoisotopic (exact) mass is 365 g/mol. The average molecular weight is 365 g/mol. The lowest BCUT2D eigenvalue weighted by atomic mass is 9.91. The van der Waals surface area contributed by atoms with E-state index in [1.807, 2.05) is 36.4 Å². The summed E-state index contributed by atoms with van der Waals surface area (Å²) in [5.74, 6) is -0.885. The van der Waals surface area contributed by atoms with Crippen molar-refractivity contribution < 1.29 is 14.0 Å². The molecule has 0 bridgehead atoms. The number of rotatable bonds is 4. The van der Waals surface area contributed by atoms with E-state index in [9.17, 15) is 9.59 Å². The molecule has 2 aromatic rings. The molecule has 6 heteroatoms. The van der Waals surface area contributed by atoms with Crippen molar-refractivity contribution in [3.63, 3.8) is 0 Å². The van der Waals surface area contributed by atoms with Crippen LogP contribution >= 0.6 is 0 Å². The van der Waals surface area contributed by atoms with Gasteiger partial charge in [0.1, 0.15) is 0 Å². The highest BCUT2D eigenvalue weighted by atomic mass is 19.1. The second kappa shape index (κ2) is 8.00. The van der Waals surface area contributed by atoms with Crippen LogP contribution in [-0.2, 0) is 11.3 Å². The van der Waals surface area contributed by atoms with E-state index in [2.05, 4.69) is 5.32 Å². The van der Waals surface area contributed by atoms with Crippen molar-refractivity contribution in [1.29, 1.82) is 5.26 Å². The van der Waals surface area contributed by atoms with Crippen molar-refractivity contribution in [2.24, 2.45) is 0 Å². The smallest absolute Gasteiger partial charge is 0.258 e. The molecule has 0 unspecified atom stereocenters. The number of halogens is 1. The highest BCUT2D eigenvalue weighted by Gasteiger charge is 2.42. The molecule has 0 spiro atoms. The summed E-state index contributed by atoms with van der Waals surface area (Å²) in [5.41, 5.74) is -0.272. The van der Waals surface area contributed by atoms with Gasteiger partial charge in [-0.25, -0.2) is 4.39 Å². The Morgan fingerprint density at radius 1 is 1.11 bits per heavy atom. The lowest BCUT2D eigenvalue weighted by Crippen LogP contribution is -2.52. The van der Waals surface area contributed by atoms with Gasteiger partial charge < -0.3 is 10.2 Å². The first-order chi connectivity index (χ1) is 13.0. The molecule has 1 N–H and O–H groups in total. The van der Waals surface area contributed by atoms with E-state index in [1.54, 1.807) is 18.2 Å². The maximum Gasteiger partial charge on any atom is 0.258 e. The number of hydrogen-bond acceptors (Lipinski definition) is 3. The van der Waals surface area contributed by atoms with Crippen LogP contribution in [0.1, 0.15) is 34.3 Å². The average Bonchev–Trinajstić information content (AvgIpc) is 2.72. The van der Waals surface area contributed by atoms with Crippen LogP contribution in [0.3, 0.4) is 0 Å². The molecule has 1 saturated heterocycles. The number of nitrogens with zero attached hydrogens (tertiary/aromatic N) is 2. The Labute approximate surface area is 157 Å². The molecule has 2 aromatic carbocycles. The van der Waals surface area contributed by atoms with Crippen molar-refractivity contribution in [2.75, 3.05) is 13.1 Å². The van der Waals surface area contributed by atoms with Crippen LogP contribution in [0.15, 0.2) is 54.6 Å². The molecule has 3 rings (SSSR count). The maximum absolute atomic E-state index is 15.0. The zero-order valence-electron chi connectivity index (χ0n) is 14.8. The van der Waals surface area contributed by atoms with Crippen LogP contribution in [0.2, 0.25) is 0 Å².